The Hall–Kier alpha value is -4.05. The van der Waals surface area contributed by atoms with Gasteiger partial charge in [0.2, 0.25) is 11.8 Å². The molecule has 0 bridgehead atoms. The first-order chi connectivity index (χ1) is 18.5. The average molecular weight is 519 g/mol. The number of hydrogen-bond acceptors (Lipinski definition) is 5. The quantitative estimate of drug-likeness (QED) is 0.356. The maximum absolute atomic E-state index is 13.3. The van der Waals surface area contributed by atoms with E-state index in [1.165, 1.54) is 17.0 Å². The Morgan fingerprint density at radius 1 is 1.13 bits per heavy atom. The maximum atomic E-state index is 13.3. The highest BCUT2D eigenvalue weighted by molar-refractivity contribution is 5.98. The van der Waals surface area contributed by atoms with E-state index in [9.17, 15) is 18.8 Å². The van der Waals surface area contributed by atoms with E-state index in [-0.39, 0.29) is 30.1 Å². The number of carbonyl (C=O) groups is 3. The van der Waals surface area contributed by atoms with Crippen molar-refractivity contribution in [2.24, 2.45) is 0 Å². The van der Waals surface area contributed by atoms with E-state index in [0.29, 0.717) is 50.0 Å². The third-order valence-corrected chi connectivity index (χ3v) is 7.02. The van der Waals surface area contributed by atoms with Crippen molar-refractivity contribution in [3.63, 3.8) is 0 Å². The fourth-order valence-corrected chi connectivity index (χ4v) is 4.83. The van der Waals surface area contributed by atoms with Crippen molar-refractivity contribution in [2.45, 2.75) is 37.3 Å². The second kappa shape index (κ2) is 11.6. The van der Waals surface area contributed by atoms with Gasteiger partial charge in [-0.3, -0.25) is 14.4 Å². The number of benzene rings is 2. The molecular formula is C28H31FN6O3. The van der Waals surface area contributed by atoms with Crippen molar-refractivity contribution >= 4 is 17.7 Å². The van der Waals surface area contributed by atoms with Crippen LogP contribution in [-0.4, -0.2) is 70.7 Å². The van der Waals surface area contributed by atoms with Crippen molar-refractivity contribution in [3.05, 3.63) is 83.9 Å². The maximum Gasteiger partial charge on any atom is 0.251 e. The Bertz CT molecular complexity index is 1260. The lowest BCUT2D eigenvalue weighted by molar-refractivity contribution is -0.139. The largest absolute Gasteiger partial charge is 0.353 e. The van der Waals surface area contributed by atoms with E-state index in [1.807, 2.05) is 24.4 Å². The molecule has 0 spiro atoms. The molecule has 1 aromatic heterocycles. The second-order valence-corrected chi connectivity index (χ2v) is 9.73. The van der Waals surface area contributed by atoms with Crippen LogP contribution in [0.3, 0.4) is 0 Å². The standard InChI is InChI=1S/C28H31FN6O3/c29-21-8-4-19(5-9-21)23-17-25(23)30-12-1-3-24(28(38)34-16-14-31-26(36)18-34)33-27(37)20-6-10-22(11-7-20)35-15-2-13-32-35/h2,4-11,13,15,23-25,30H,1,3,12,14,16-18H2,(H,31,36)(H,33,37)/t23-,24-,25+/m0/s1. The third-order valence-electron chi connectivity index (χ3n) is 7.02. The van der Waals surface area contributed by atoms with Gasteiger partial charge in [-0.2, -0.15) is 5.10 Å². The Labute approximate surface area is 220 Å². The summed E-state index contributed by atoms with van der Waals surface area (Å²) in [5.74, 6) is -0.674. The summed E-state index contributed by atoms with van der Waals surface area (Å²) in [6.45, 7) is 1.48. The zero-order valence-corrected chi connectivity index (χ0v) is 21.0. The summed E-state index contributed by atoms with van der Waals surface area (Å²) in [5, 5.41) is 13.3. The molecule has 2 aromatic carbocycles. The fourth-order valence-electron chi connectivity index (χ4n) is 4.83. The van der Waals surface area contributed by atoms with Crippen molar-refractivity contribution in [1.29, 1.82) is 0 Å². The first-order valence-corrected chi connectivity index (χ1v) is 12.9. The number of carbonyl (C=O) groups excluding carboxylic acids is 3. The van der Waals surface area contributed by atoms with Crippen LogP contribution in [0.4, 0.5) is 4.39 Å². The van der Waals surface area contributed by atoms with Crippen molar-refractivity contribution in [2.75, 3.05) is 26.2 Å². The van der Waals surface area contributed by atoms with Crippen LogP contribution in [0.1, 0.15) is 41.1 Å². The number of nitrogens with zero attached hydrogens (tertiary/aromatic N) is 3. The molecule has 38 heavy (non-hydrogen) atoms. The summed E-state index contributed by atoms with van der Waals surface area (Å²) in [4.78, 5) is 39.7. The monoisotopic (exact) mass is 518 g/mol. The van der Waals surface area contributed by atoms with Crippen LogP contribution in [0.25, 0.3) is 5.69 Å². The van der Waals surface area contributed by atoms with E-state index >= 15 is 0 Å². The van der Waals surface area contributed by atoms with Gasteiger partial charge in [-0.05, 0) is 73.8 Å². The van der Waals surface area contributed by atoms with Crippen LogP contribution in [0.15, 0.2) is 67.0 Å². The molecule has 2 heterocycles. The molecule has 5 rings (SSSR count). The smallest absolute Gasteiger partial charge is 0.251 e. The van der Waals surface area contributed by atoms with Gasteiger partial charge >= 0.3 is 0 Å². The molecular weight excluding hydrogens is 487 g/mol. The molecule has 10 heteroatoms. The molecule has 2 fully saturated rings. The average Bonchev–Trinajstić information content (AvgIpc) is 3.49. The first-order valence-electron chi connectivity index (χ1n) is 12.9. The minimum atomic E-state index is -0.743. The summed E-state index contributed by atoms with van der Waals surface area (Å²) in [5.41, 5.74) is 2.38. The summed E-state index contributed by atoms with van der Waals surface area (Å²) in [7, 11) is 0. The number of hydrogen-bond donors (Lipinski definition) is 3. The van der Waals surface area contributed by atoms with Gasteiger partial charge in [0.15, 0.2) is 0 Å². The molecule has 1 aliphatic carbocycles. The van der Waals surface area contributed by atoms with Crippen molar-refractivity contribution in [3.8, 4) is 5.69 Å². The normalized spacial score (nSPS) is 19.5. The molecule has 2 aliphatic rings. The zero-order valence-electron chi connectivity index (χ0n) is 21.0. The number of amides is 3. The highest BCUT2D eigenvalue weighted by Crippen LogP contribution is 2.40. The summed E-state index contributed by atoms with van der Waals surface area (Å²) in [6, 6.07) is 15.0. The minimum Gasteiger partial charge on any atom is -0.353 e. The molecule has 3 atom stereocenters. The highest BCUT2D eigenvalue weighted by atomic mass is 19.1. The summed E-state index contributed by atoms with van der Waals surface area (Å²) < 4.78 is 14.9. The molecule has 1 saturated heterocycles. The Balaban J connectivity index is 1.17. The van der Waals surface area contributed by atoms with Crippen LogP contribution in [-0.2, 0) is 9.59 Å². The predicted molar refractivity (Wildman–Crippen MR) is 139 cm³/mol. The molecule has 3 N–H and O–H groups in total. The predicted octanol–water partition coefficient (Wildman–Crippen LogP) is 1.99. The minimum absolute atomic E-state index is 0.0105. The first kappa shape index (κ1) is 25.6. The summed E-state index contributed by atoms with van der Waals surface area (Å²) >= 11 is 0. The van der Waals surface area contributed by atoms with E-state index in [4.69, 9.17) is 0 Å². The van der Waals surface area contributed by atoms with Crippen LogP contribution in [0.2, 0.25) is 0 Å². The molecule has 3 aromatic rings. The molecule has 198 valence electrons. The van der Waals surface area contributed by atoms with Gasteiger partial charge in [0, 0.05) is 43.0 Å². The zero-order chi connectivity index (χ0) is 26.5. The van der Waals surface area contributed by atoms with Gasteiger partial charge in [-0.25, -0.2) is 9.07 Å². The van der Waals surface area contributed by atoms with E-state index < -0.39 is 6.04 Å². The number of halogens is 1. The van der Waals surface area contributed by atoms with Crippen molar-refractivity contribution in [1.82, 2.24) is 30.6 Å². The highest BCUT2D eigenvalue weighted by Gasteiger charge is 2.37. The van der Waals surface area contributed by atoms with Gasteiger partial charge < -0.3 is 20.9 Å². The molecule has 3 amide bonds. The molecule has 0 radical (unpaired) electrons. The van der Waals surface area contributed by atoms with Gasteiger partial charge in [0.25, 0.3) is 5.91 Å². The fraction of sp³-hybridized carbons (Fsp3) is 0.357. The lowest BCUT2D eigenvalue weighted by Crippen LogP contribution is -2.56. The number of nitrogens with one attached hydrogen (secondary N) is 3. The SMILES string of the molecule is O=C1CN(C(=O)[C@H](CCCN[C@@H]2C[C@H]2c2ccc(F)cc2)NC(=O)c2ccc(-n3cccn3)cc2)CCN1. The van der Waals surface area contributed by atoms with E-state index in [0.717, 1.165) is 17.7 Å². The van der Waals surface area contributed by atoms with Crippen LogP contribution in [0, 0.1) is 5.82 Å². The van der Waals surface area contributed by atoms with Gasteiger partial charge in [0.1, 0.15) is 11.9 Å². The van der Waals surface area contributed by atoms with Crippen LogP contribution in [0.5, 0.6) is 0 Å². The Morgan fingerprint density at radius 2 is 1.92 bits per heavy atom. The van der Waals surface area contributed by atoms with Gasteiger partial charge in [-0.1, -0.05) is 12.1 Å². The van der Waals surface area contributed by atoms with Gasteiger partial charge in [-0.15, -0.1) is 0 Å². The molecule has 1 saturated carbocycles. The second-order valence-electron chi connectivity index (χ2n) is 9.73. The lowest BCUT2D eigenvalue weighted by atomic mass is 10.1. The van der Waals surface area contributed by atoms with Crippen LogP contribution < -0.4 is 16.0 Å². The topological polar surface area (TPSA) is 108 Å². The van der Waals surface area contributed by atoms with Crippen LogP contribution >= 0.6 is 0 Å². The third kappa shape index (κ3) is 6.25. The van der Waals surface area contributed by atoms with E-state index in [1.54, 1.807) is 35.1 Å². The lowest BCUT2D eigenvalue weighted by Gasteiger charge is -2.30. The van der Waals surface area contributed by atoms with E-state index in [2.05, 4.69) is 21.0 Å². The summed E-state index contributed by atoms with van der Waals surface area (Å²) in [6.07, 6.45) is 5.59. The molecule has 1 aliphatic heterocycles. The molecule has 9 nitrogen and oxygen atoms in total. The number of rotatable bonds is 10. The van der Waals surface area contributed by atoms with Gasteiger partial charge in [0.05, 0.1) is 12.2 Å². The molecule has 0 unspecified atom stereocenters. The number of piperazine rings is 1. The Morgan fingerprint density at radius 3 is 2.63 bits per heavy atom. The number of aromatic nitrogens is 2. The van der Waals surface area contributed by atoms with Crippen molar-refractivity contribution < 1.29 is 18.8 Å². The Kier molecular flexibility index (Phi) is 7.78.